The van der Waals surface area contributed by atoms with E-state index >= 15 is 0 Å². The summed E-state index contributed by atoms with van der Waals surface area (Å²) in [6, 6.07) is 13.4. The van der Waals surface area contributed by atoms with Gasteiger partial charge in [-0.2, -0.15) is 5.10 Å². The first kappa shape index (κ1) is 11.6. The van der Waals surface area contributed by atoms with Crippen molar-refractivity contribution >= 4 is 10.8 Å². The lowest BCUT2D eigenvalue weighted by atomic mass is 10.2. The minimum absolute atomic E-state index is 0.137. The highest BCUT2D eigenvalue weighted by molar-refractivity contribution is 5.80. The van der Waals surface area contributed by atoms with E-state index in [9.17, 15) is 9.18 Å². The van der Waals surface area contributed by atoms with Gasteiger partial charge in [0.2, 0.25) is 0 Å². The highest BCUT2D eigenvalue weighted by Crippen LogP contribution is 2.08. The predicted octanol–water partition coefficient (Wildman–Crippen LogP) is 2.58. The molecule has 0 aliphatic heterocycles. The Balaban J connectivity index is 2.04. The summed E-state index contributed by atoms with van der Waals surface area (Å²) in [5.74, 6) is -0.289. The monoisotopic (exact) mass is 254 g/mol. The van der Waals surface area contributed by atoms with Crippen LogP contribution in [0.15, 0.2) is 59.5 Å². The Bertz CT molecular complexity index is 778. The van der Waals surface area contributed by atoms with Gasteiger partial charge in [-0.25, -0.2) is 9.07 Å². The molecule has 0 radical (unpaired) electrons. The zero-order valence-corrected chi connectivity index (χ0v) is 10.1. The summed E-state index contributed by atoms with van der Waals surface area (Å²) in [4.78, 5) is 12.2. The van der Waals surface area contributed by atoms with E-state index in [1.54, 1.807) is 24.4 Å². The van der Waals surface area contributed by atoms with Crippen LogP contribution in [0.4, 0.5) is 4.39 Å². The molecular formula is C15H11FN2O. The molecule has 4 heteroatoms. The van der Waals surface area contributed by atoms with Crippen molar-refractivity contribution in [2.75, 3.05) is 0 Å². The van der Waals surface area contributed by atoms with Crippen LogP contribution in [-0.4, -0.2) is 9.78 Å². The SMILES string of the molecule is O=c1c2ccccc2cnn1Cc1ccc(F)cc1. The maximum absolute atomic E-state index is 12.8. The predicted molar refractivity (Wildman–Crippen MR) is 71.5 cm³/mol. The Kier molecular flexibility index (Phi) is 2.83. The summed E-state index contributed by atoms with van der Waals surface area (Å²) < 4.78 is 14.2. The second kappa shape index (κ2) is 4.65. The van der Waals surface area contributed by atoms with Crippen LogP contribution in [0.5, 0.6) is 0 Å². The Morgan fingerprint density at radius 1 is 1.05 bits per heavy atom. The van der Waals surface area contributed by atoms with Crippen molar-refractivity contribution in [3.8, 4) is 0 Å². The van der Waals surface area contributed by atoms with Crippen molar-refractivity contribution < 1.29 is 4.39 Å². The molecule has 1 aromatic heterocycles. The molecule has 0 bridgehead atoms. The smallest absolute Gasteiger partial charge is 0.267 e. The molecule has 0 N–H and O–H groups in total. The van der Waals surface area contributed by atoms with Crippen molar-refractivity contribution in [3.05, 3.63) is 76.5 Å². The zero-order chi connectivity index (χ0) is 13.2. The third kappa shape index (κ3) is 2.25. The van der Waals surface area contributed by atoms with E-state index in [0.717, 1.165) is 10.9 Å². The first-order valence-corrected chi connectivity index (χ1v) is 5.93. The van der Waals surface area contributed by atoms with Gasteiger partial charge >= 0.3 is 0 Å². The van der Waals surface area contributed by atoms with Gasteiger partial charge in [-0.05, 0) is 23.8 Å². The molecule has 1 heterocycles. The maximum atomic E-state index is 12.8. The Labute approximate surface area is 108 Å². The minimum atomic E-state index is -0.289. The summed E-state index contributed by atoms with van der Waals surface area (Å²) in [5.41, 5.74) is 0.703. The van der Waals surface area contributed by atoms with Crippen LogP contribution in [0.3, 0.4) is 0 Å². The van der Waals surface area contributed by atoms with E-state index in [0.29, 0.717) is 11.9 Å². The number of fused-ring (bicyclic) bond motifs is 1. The topological polar surface area (TPSA) is 34.9 Å². The lowest BCUT2D eigenvalue weighted by Crippen LogP contribution is -2.23. The number of rotatable bonds is 2. The molecular weight excluding hydrogens is 243 g/mol. The molecule has 3 aromatic rings. The third-order valence-electron chi connectivity index (χ3n) is 3.01. The number of aromatic nitrogens is 2. The number of hydrogen-bond donors (Lipinski definition) is 0. The Morgan fingerprint density at radius 3 is 2.58 bits per heavy atom. The number of nitrogens with zero attached hydrogens (tertiary/aromatic N) is 2. The summed E-state index contributed by atoms with van der Waals surface area (Å²) in [5, 5.41) is 5.60. The Morgan fingerprint density at radius 2 is 1.79 bits per heavy atom. The number of halogens is 1. The Hall–Kier alpha value is -2.49. The fraction of sp³-hybridized carbons (Fsp3) is 0.0667. The van der Waals surface area contributed by atoms with E-state index in [2.05, 4.69) is 5.10 Å². The van der Waals surface area contributed by atoms with Gasteiger partial charge in [0.15, 0.2) is 0 Å². The van der Waals surface area contributed by atoms with E-state index in [-0.39, 0.29) is 11.4 Å². The van der Waals surface area contributed by atoms with Gasteiger partial charge in [0.1, 0.15) is 5.82 Å². The summed E-state index contributed by atoms with van der Waals surface area (Å²) in [6.07, 6.45) is 1.67. The van der Waals surface area contributed by atoms with Crippen LogP contribution < -0.4 is 5.56 Å². The summed E-state index contributed by atoms with van der Waals surface area (Å²) >= 11 is 0. The molecule has 2 aromatic carbocycles. The van der Waals surface area contributed by atoms with Gasteiger partial charge in [-0.15, -0.1) is 0 Å². The first-order valence-electron chi connectivity index (χ1n) is 5.93. The average molecular weight is 254 g/mol. The molecule has 94 valence electrons. The normalized spacial score (nSPS) is 10.8. The highest BCUT2D eigenvalue weighted by Gasteiger charge is 2.04. The van der Waals surface area contributed by atoms with Crippen molar-refractivity contribution in [1.29, 1.82) is 0 Å². The van der Waals surface area contributed by atoms with Crippen molar-refractivity contribution in [1.82, 2.24) is 9.78 Å². The van der Waals surface area contributed by atoms with Crippen molar-refractivity contribution in [2.45, 2.75) is 6.54 Å². The van der Waals surface area contributed by atoms with Gasteiger partial charge in [0, 0.05) is 5.39 Å². The quantitative estimate of drug-likeness (QED) is 0.704. The van der Waals surface area contributed by atoms with Crippen LogP contribution in [0, 0.1) is 5.82 Å². The van der Waals surface area contributed by atoms with E-state index in [4.69, 9.17) is 0 Å². The van der Waals surface area contributed by atoms with E-state index < -0.39 is 0 Å². The second-order valence-electron chi connectivity index (χ2n) is 4.32. The third-order valence-corrected chi connectivity index (χ3v) is 3.01. The van der Waals surface area contributed by atoms with Gasteiger partial charge < -0.3 is 0 Å². The molecule has 0 amide bonds. The molecule has 0 atom stereocenters. The molecule has 0 aliphatic carbocycles. The number of benzene rings is 2. The zero-order valence-electron chi connectivity index (χ0n) is 10.1. The van der Waals surface area contributed by atoms with Gasteiger partial charge in [-0.3, -0.25) is 4.79 Å². The lowest BCUT2D eigenvalue weighted by molar-refractivity contribution is 0.621. The van der Waals surface area contributed by atoms with Gasteiger partial charge in [0.05, 0.1) is 18.1 Å². The summed E-state index contributed by atoms with van der Waals surface area (Å²) in [6.45, 7) is 0.337. The molecule has 0 saturated heterocycles. The standard InChI is InChI=1S/C15H11FN2O/c16-13-7-5-11(6-8-13)10-18-15(19)14-4-2-1-3-12(14)9-17-18/h1-9H,10H2. The summed E-state index contributed by atoms with van der Waals surface area (Å²) in [7, 11) is 0. The van der Waals surface area contributed by atoms with Crippen LogP contribution in [0.1, 0.15) is 5.56 Å². The lowest BCUT2D eigenvalue weighted by Gasteiger charge is -2.06. The molecule has 3 rings (SSSR count). The maximum Gasteiger partial charge on any atom is 0.274 e. The van der Waals surface area contributed by atoms with Crippen LogP contribution >= 0.6 is 0 Å². The van der Waals surface area contributed by atoms with E-state index in [1.165, 1.54) is 16.8 Å². The molecule has 0 saturated carbocycles. The molecule has 0 fully saturated rings. The van der Waals surface area contributed by atoms with Crippen LogP contribution in [-0.2, 0) is 6.54 Å². The fourth-order valence-corrected chi connectivity index (χ4v) is 2.00. The molecule has 3 nitrogen and oxygen atoms in total. The molecule has 19 heavy (non-hydrogen) atoms. The van der Waals surface area contributed by atoms with Gasteiger partial charge in [-0.1, -0.05) is 30.3 Å². The average Bonchev–Trinajstić information content (AvgIpc) is 2.45. The van der Waals surface area contributed by atoms with Crippen molar-refractivity contribution in [2.24, 2.45) is 0 Å². The van der Waals surface area contributed by atoms with Crippen molar-refractivity contribution in [3.63, 3.8) is 0 Å². The largest absolute Gasteiger partial charge is 0.274 e. The minimum Gasteiger partial charge on any atom is -0.267 e. The van der Waals surface area contributed by atoms with E-state index in [1.807, 2.05) is 18.2 Å². The fourth-order valence-electron chi connectivity index (χ4n) is 2.00. The van der Waals surface area contributed by atoms with Crippen LogP contribution in [0.2, 0.25) is 0 Å². The number of hydrogen-bond acceptors (Lipinski definition) is 2. The van der Waals surface area contributed by atoms with Crippen LogP contribution in [0.25, 0.3) is 10.8 Å². The molecule has 0 spiro atoms. The van der Waals surface area contributed by atoms with Gasteiger partial charge in [0.25, 0.3) is 5.56 Å². The molecule has 0 aliphatic rings. The highest BCUT2D eigenvalue weighted by atomic mass is 19.1. The molecule has 0 unspecified atom stereocenters. The second-order valence-corrected chi connectivity index (χ2v) is 4.32. The first-order chi connectivity index (χ1) is 9.24.